The van der Waals surface area contributed by atoms with Crippen molar-refractivity contribution in [3.63, 3.8) is 0 Å². The summed E-state index contributed by atoms with van der Waals surface area (Å²) in [6.07, 6.45) is 7.60. The summed E-state index contributed by atoms with van der Waals surface area (Å²) in [5, 5.41) is 11.7. The molecule has 0 saturated carbocycles. The first-order chi connectivity index (χ1) is 12.0. The molecule has 8 heteroatoms. The summed E-state index contributed by atoms with van der Waals surface area (Å²) in [5.41, 5.74) is 1.81. The molecule has 3 rings (SSSR count). The third-order valence-corrected chi connectivity index (χ3v) is 4.52. The maximum atomic E-state index is 12.6. The number of amides is 2. The number of likely N-dealkylation sites (tertiary alicyclic amines) is 1. The van der Waals surface area contributed by atoms with Crippen LogP contribution in [0.1, 0.15) is 24.5 Å². The molecular formula is C17H27N7O. The molecule has 1 fully saturated rings. The zero-order valence-electron chi connectivity index (χ0n) is 15.2. The summed E-state index contributed by atoms with van der Waals surface area (Å²) in [5.74, 6) is 0.309. The predicted molar refractivity (Wildman–Crippen MR) is 96.6 cm³/mol. The lowest BCUT2D eigenvalue weighted by Gasteiger charge is -2.31. The average molecular weight is 345 g/mol. The van der Waals surface area contributed by atoms with Gasteiger partial charge in [0.1, 0.15) is 0 Å². The van der Waals surface area contributed by atoms with Gasteiger partial charge in [0, 0.05) is 45.0 Å². The summed E-state index contributed by atoms with van der Waals surface area (Å²) < 4.78 is 3.67. The van der Waals surface area contributed by atoms with Gasteiger partial charge in [-0.15, -0.1) is 0 Å². The minimum Gasteiger partial charge on any atom is -0.324 e. The van der Waals surface area contributed by atoms with Crippen molar-refractivity contribution < 1.29 is 4.79 Å². The van der Waals surface area contributed by atoms with Gasteiger partial charge in [-0.1, -0.05) is 0 Å². The van der Waals surface area contributed by atoms with Crippen molar-refractivity contribution in [2.75, 3.05) is 39.0 Å². The summed E-state index contributed by atoms with van der Waals surface area (Å²) in [6.45, 7) is 3.20. The van der Waals surface area contributed by atoms with Gasteiger partial charge in [0.05, 0.1) is 24.1 Å². The van der Waals surface area contributed by atoms with Crippen LogP contribution in [0.2, 0.25) is 0 Å². The quantitative estimate of drug-likeness (QED) is 0.893. The normalized spacial score (nSPS) is 17.9. The van der Waals surface area contributed by atoms with E-state index in [1.165, 1.54) is 0 Å². The predicted octanol–water partition coefficient (Wildman–Crippen LogP) is 1.59. The van der Waals surface area contributed by atoms with E-state index in [-0.39, 0.29) is 6.03 Å². The minimum atomic E-state index is -0.0622. The molecule has 2 amide bonds. The van der Waals surface area contributed by atoms with Gasteiger partial charge in [0.2, 0.25) is 0 Å². The van der Waals surface area contributed by atoms with Gasteiger partial charge in [0.15, 0.2) is 0 Å². The van der Waals surface area contributed by atoms with Gasteiger partial charge in [-0.2, -0.15) is 10.2 Å². The monoisotopic (exact) mass is 345 g/mol. The molecule has 2 aromatic heterocycles. The Hall–Kier alpha value is -2.35. The third kappa shape index (κ3) is 4.60. The van der Waals surface area contributed by atoms with Crippen molar-refractivity contribution in [3.8, 4) is 0 Å². The zero-order chi connectivity index (χ0) is 17.8. The number of likely N-dealkylation sites (N-methyl/N-ethyl adjacent to an activating group) is 1. The van der Waals surface area contributed by atoms with Crippen LogP contribution in [0, 0.1) is 0 Å². The number of rotatable bonds is 5. The highest BCUT2D eigenvalue weighted by Gasteiger charge is 2.26. The van der Waals surface area contributed by atoms with Crippen LogP contribution < -0.4 is 5.32 Å². The summed E-state index contributed by atoms with van der Waals surface area (Å²) in [4.78, 5) is 16.5. The Labute approximate surface area is 148 Å². The van der Waals surface area contributed by atoms with E-state index in [0.29, 0.717) is 12.5 Å². The maximum absolute atomic E-state index is 12.6. The molecule has 1 saturated heterocycles. The Morgan fingerprint density at radius 2 is 2.28 bits per heavy atom. The first kappa shape index (κ1) is 17.5. The highest BCUT2D eigenvalue weighted by Crippen LogP contribution is 2.26. The van der Waals surface area contributed by atoms with E-state index in [2.05, 4.69) is 20.4 Å². The fraction of sp³-hybridized carbons (Fsp3) is 0.588. The molecule has 1 unspecified atom stereocenters. The zero-order valence-corrected chi connectivity index (χ0v) is 15.2. The second-order valence-corrected chi connectivity index (χ2v) is 6.92. The lowest BCUT2D eigenvalue weighted by molar-refractivity contribution is 0.192. The second-order valence-electron chi connectivity index (χ2n) is 6.92. The highest BCUT2D eigenvalue weighted by atomic mass is 16.2. The number of nitrogens with zero attached hydrogens (tertiary/aromatic N) is 6. The molecular weight excluding hydrogens is 318 g/mol. The lowest BCUT2D eigenvalue weighted by atomic mass is 9.95. The van der Waals surface area contributed by atoms with Crippen LogP contribution in [0.25, 0.3) is 0 Å². The van der Waals surface area contributed by atoms with E-state index in [9.17, 15) is 4.79 Å². The standard InChI is InChI=1S/C17H27N7O/c1-21(2)9-10-24-13-15(11-18-24)19-17(25)23-7-4-5-14(12-23)16-6-8-22(3)20-16/h6,8,11,13-14H,4-5,7,9-10,12H2,1-3H3,(H,19,25). The van der Waals surface area contributed by atoms with Crippen LogP contribution >= 0.6 is 0 Å². The molecule has 1 aliphatic rings. The topological polar surface area (TPSA) is 71.2 Å². The molecule has 25 heavy (non-hydrogen) atoms. The number of aromatic nitrogens is 4. The number of hydrogen-bond donors (Lipinski definition) is 1. The van der Waals surface area contributed by atoms with Crippen LogP contribution in [0.5, 0.6) is 0 Å². The van der Waals surface area contributed by atoms with E-state index in [1.54, 1.807) is 6.20 Å². The lowest BCUT2D eigenvalue weighted by Crippen LogP contribution is -2.41. The number of nitrogens with one attached hydrogen (secondary N) is 1. The van der Waals surface area contributed by atoms with Gasteiger partial charge in [0.25, 0.3) is 0 Å². The SMILES string of the molecule is CN(C)CCn1cc(NC(=O)N2CCCC(c3ccn(C)n3)C2)cn1. The van der Waals surface area contributed by atoms with Crippen molar-refractivity contribution in [2.45, 2.75) is 25.3 Å². The molecule has 1 aliphatic heterocycles. The molecule has 1 atom stereocenters. The van der Waals surface area contributed by atoms with Crippen molar-refractivity contribution in [3.05, 3.63) is 30.4 Å². The van der Waals surface area contributed by atoms with E-state index in [1.807, 2.05) is 53.9 Å². The molecule has 0 radical (unpaired) electrons. The Balaban J connectivity index is 1.55. The van der Waals surface area contributed by atoms with Crippen LogP contribution in [-0.2, 0) is 13.6 Å². The first-order valence-electron chi connectivity index (χ1n) is 8.74. The molecule has 0 aromatic carbocycles. The van der Waals surface area contributed by atoms with Crippen LogP contribution in [0.15, 0.2) is 24.7 Å². The largest absolute Gasteiger partial charge is 0.324 e. The second kappa shape index (κ2) is 7.69. The molecule has 0 bridgehead atoms. The van der Waals surface area contributed by atoms with Gasteiger partial charge in [-0.25, -0.2) is 4.79 Å². The van der Waals surface area contributed by atoms with E-state index in [4.69, 9.17) is 0 Å². The fourth-order valence-corrected chi connectivity index (χ4v) is 3.11. The number of carbonyl (C=O) groups excluding carboxylic acids is 1. The third-order valence-electron chi connectivity index (χ3n) is 4.52. The summed E-state index contributed by atoms with van der Waals surface area (Å²) >= 11 is 0. The number of carbonyl (C=O) groups is 1. The van der Waals surface area contributed by atoms with Crippen molar-refractivity contribution in [1.29, 1.82) is 0 Å². The number of aryl methyl sites for hydroxylation is 1. The Kier molecular flexibility index (Phi) is 5.37. The van der Waals surface area contributed by atoms with Gasteiger partial charge in [-0.3, -0.25) is 9.36 Å². The Morgan fingerprint density at radius 1 is 1.44 bits per heavy atom. The fourth-order valence-electron chi connectivity index (χ4n) is 3.11. The molecule has 136 valence electrons. The Morgan fingerprint density at radius 3 is 3.00 bits per heavy atom. The molecule has 0 spiro atoms. The van der Waals surface area contributed by atoms with Gasteiger partial charge < -0.3 is 15.1 Å². The van der Waals surface area contributed by atoms with Crippen molar-refractivity contribution >= 4 is 11.7 Å². The molecule has 3 heterocycles. The number of hydrogen-bond acceptors (Lipinski definition) is 4. The number of piperidine rings is 1. The van der Waals surface area contributed by atoms with Crippen LogP contribution in [0.4, 0.5) is 10.5 Å². The summed E-state index contributed by atoms with van der Waals surface area (Å²) in [7, 11) is 5.98. The van der Waals surface area contributed by atoms with E-state index in [0.717, 1.165) is 43.9 Å². The molecule has 0 aliphatic carbocycles. The molecule has 2 aromatic rings. The molecule has 1 N–H and O–H groups in total. The molecule has 8 nitrogen and oxygen atoms in total. The van der Waals surface area contributed by atoms with Crippen LogP contribution in [0.3, 0.4) is 0 Å². The highest BCUT2D eigenvalue weighted by molar-refractivity contribution is 5.89. The van der Waals surface area contributed by atoms with Crippen molar-refractivity contribution in [2.24, 2.45) is 7.05 Å². The average Bonchev–Trinajstić information content (AvgIpc) is 3.22. The van der Waals surface area contributed by atoms with Crippen LogP contribution in [-0.4, -0.2) is 69.1 Å². The Bertz CT molecular complexity index is 705. The van der Waals surface area contributed by atoms with Gasteiger partial charge in [-0.05, 0) is 33.0 Å². The number of anilines is 1. The van der Waals surface area contributed by atoms with Crippen molar-refractivity contribution in [1.82, 2.24) is 29.4 Å². The maximum Gasteiger partial charge on any atom is 0.321 e. The smallest absolute Gasteiger partial charge is 0.321 e. The minimum absolute atomic E-state index is 0.0622. The van der Waals surface area contributed by atoms with Gasteiger partial charge >= 0.3 is 6.03 Å². The first-order valence-corrected chi connectivity index (χ1v) is 8.74. The van der Waals surface area contributed by atoms with E-state index < -0.39 is 0 Å². The van der Waals surface area contributed by atoms with E-state index >= 15 is 0 Å². The summed E-state index contributed by atoms with van der Waals surface area (Å²) in [6, 6.07) is 1.98. The number of urea groups is 1.